The molecule has 0 saturated heterocycles. The van der Waals surface area contributed by atoms with Crippen LogP contribution >= 0.6 is 0 Å². The highest BCUT2D eigenvalue weighted by Gasteiger charge is 2.20. The monoisotopic (exact) mass is 298 g/mol. The molecular weight excluding hydrogens is 272 g/mol. The van der Waals surface area contributed by atoms with Gasteiger partial charge in [-0.3, -0.25) is 9.97 Å². The fourth-order valence-electron chi connectivity index (χ4n) is 1.90. The maximum atomic E-state index is 10.1. The van der Waals surface area contributed by atoms with Gasteiger partial charge in [0.1, 0.15) is 6.10 Å². The molecule has 2 atom stereocenters. The first-order valence-electron chi connectivity index (χ1n) is 7.52. The third-order valence-electron chi connectivity index (χ3n) is 3.21. The van der Waals surface area contributed by atoms with Gasteiger partial charge in [-0.05, 0) is 19.3 Å². The molecule has 3 N–H and O–H groups in total. The first kappa shape index (κ1) is 18.0. The molecule has 0 unspecified atom stereocenters. The second-order valence-electron chi connectivity index (χ2n) is 5.04. The standard InChI is InChI=1S/C15H26N2O4/c1-2-3-5-12-9-17-13(10-16-12)8-14(20)15(11-19)21-7-4-6-18/h9-10,14-15,18-20H,2-8,11H2,1H3/t14-,15-/m0/s1. The molecule has 0 spiro atoms. The van der Waals surface area contributed by atoms with E-state index in [1.165, 1.54) is 0 Å². The smallest absolute Gasteiger partial charge is 0.107 e. The van der Waals surface area contributed by atoms with Crippen molar-refractivity contribution in [3.8, 4) is 0 Å². The lowest BCUT2D eigenvalue weighted by atomic mass is 10.1. The number of hydrogen-bond donors (Lipinski definition) is 3. The van der Waals surface area contributed by atoms with Crippen LogP contribution in [0.4, 0.5) is 0 Å². The van der Waals surface area contributed by atoms with Gasteiger partial charge in [0.15, 0.2) is 0 Å². The molecule has 6 nitrogen and oxygen atoms in total. The van der Waals surface area contributed by atoms with Crippen LogP contribution in [-0.4, -0.2) is 57.3 Å². The summed E-state index contributed by atoms with van der Waals surface area (Å²) in [6.45, 7) is 2.19. The first-order chi connectivity index (χ1) is 10.2. The zero-order valence-electron chi connectivity index (χ0n) is 12.6. The van der Waals surface area contributed by atoms with Gasteiger partial charge in [-0.2, -0.15) is 0 Å². The Kier molecular flexibility index (Phi) is 9.09. The first-order valence-corrected chi connectivity index (χ1v) is 7.52. The number of hydrogen-bond acceptors (Lipinski definition) is 6. The van der Waals surface area contributed by atoms with Gasteiger partial charge >= 0.3 is 0 Å². The minimum atomic E-state index is -0.843. The lowest BCUT2D eigenvalue weighted by Crippen LogP contribution is -2.34. The number of nitrogens with zero attached hydrogens (tertiary/aromatic N) is 2. The lowest BCUT2D eigenvalue weighted by Gasteiger charge is -2.21. The molecule has 0 fully saturated rings. The van der Waals surface area contributed by atoms with Crippen molar-refractivity contribution in [2.75, 3.05) is 19.8 Å². The summed E-state index contributed by atoms with van der Waals surface area (Å²) in [6, 6.07) is 0. The molecule has 0 aliphatic carbocycles. The van der Waals surface area contributed by atoms with E-state index >= 15 is 0 Å². The summed E-state index contributed by atoms with van der Waals surface area (Å²) >= 11 is 0. The van der Waals surface area contributed by atoms with Gasteiger partial charge < -0.3 is 20.1 Å². The summed E-state index contributed by atoms with van der Waals surface area (Å²) in [5, 5.41) is 28.0. The Morgan fingerprint density at radius 2 is 1.86 bits per heavy atom. The predicted molar refractivity (Wildman–Crippen MR) is 78.9 cm³/mol. The third-order valence-corrected chi connectivity index (χ3v) is 3.21. The number of aryl methyl sites for hydroxylation is 1. The highest BCUT2D eigenvalue weighted by molar-refractivity contribution is 5.04. The molecule has 6 heteroatoms. The Morgan fingerprint density at radius 3 is 2.43 bits per heavy atom. The van der Waals surface area contributed by atoms with Crippen molar-refractivity contribution in [1.29, 1.82) is 0 Å². The second kappa shape index (κ2) is 10.6. The summed E-state index contributed by atoms with van der Waals surface area (Å²) in [7, 11) is 0. The van der Waals surface area contributed by atoms with Crippen LogP contribution in [0.15, 0.2) is 12.4 Å². The van der Waals surface area contributed by atoms with Crippen LogP contribution < -0.4 is 0 Å². The van der Waals surface area contributed by atoms with Crippen molar-refractivity contribution in [3.05, 3.63) is 23.8 Å². The summed E-state index contributed by atoms with van der Waals surface area (Å²) in [5.41, 5.74) is 1.62. The number of unbranched alkanes of at least 4 members (excludes halogenated alkanes) is 1. The highest BCUT2D eigenvalue weighted by atomic mass is 16.5. The molecule has 120 valence electrons. The number of aromatic nitrogens is 2. The molecule has 0 aromatic carbocycles. The van der Waals surface area contributed by atoms with E-state index < -0.39 is 12.2 Å². The zero-order valence-corrected chi connectivity index (χ0v) is 12.6. The molecule has 0 aliphatic heterocycles. The van der Waals surface area contributed by atoms with Crippen molar-refractivity contribution in [2.24, 2.45) is 0 Å². The number of aliphatic hydroxyl groups is 3. The van der Waals surface area contributed by atoms with Crippen LogP contribution in [0.25, 0.3) is 0 Å². The van der Waals surface area contributed by atoms with Gasteiger partial charge in [0.25, 0.3) is 0 Å². The molecule has 21 heavy (non-hydrogen) atoms. The average Bonchev–Trinajstić information content (AvgIpc) is 2.51. The van der Waals surface area contributed by atoms with Crippen LogP contribution in [-0.2, 0) is 17.6 Å². The van der Waals surface area contributed by atoms with Crippen LogP contribution in [0.2, 0.25) is 0 Å². The second-order valence-corrected chi connectivity index (χ2v) is 5.04. The van der Waals surface area contributed by atoms with E-state index in [1.54, 1.807) is 12.4 Å². The molecule has 1 heterocycles. The molecule has 1 rings (SSSR count). The van der Waals surface area contributed by atoms with Crippen molar-refractivity contribution < 1.29 is 20.1 Å². The molecule has 1 aromatic rings. The van der Waals surface area contributed by atoms with Gasteiger partial charge in [-0.1, -0.05) is 13.3 Å². The molecular formula is C15H26N2O4. The summed E-state index contributed by atoms with van der Waals surface area (Å²) < 4.78 is 5.33. The maximum absolute atomic E-state index is 10.1. The predicted octanol–water partition coefficient (Wildman–Crippen LogP) is 0.483. The van der Waals surface area contributed by atoms with Crippen LogP contribution in [0.3, 0.4) is 0 Å². The Bertz CT molecular complexity index is 372. The third kappa shape index (κ3) is 6.95. The lowest BCUT2D eigenvalue weighted by molar-refractivity contribution is -0.0654. The largest absolute Gasteiger partial charge is 0.396 e. The summed E-state index contributed by atoms with van der Waals surface area (Å²) in [6.07, 6.45) is 5.76. The minimum absolute atomic E-state index is 0.0267. The normalized spacial score (nSPS) is 14.1. The van der Waals surface area contributed by atoms with Gasteiger partial charge in [0.2, 0.25) is 0 Å². The quantitative estimate of drug-likeness (QED) is 0.514. The minimum Gasteiger partial charge on any atom is -0.396 e. The van der Waals surface area contributed by atoms with Crippen LogP contribution in [0.5, 0.6) is 0 Å². The van der Waals surface area contributed by atoms with E-state index in [1.807, 2.05) is 0 Å². The van der Waals surface area contributed by atoms with Crippen molar-refractivity contribution in [1.82, 2.24) is 9.97 Å². The van der Waals surface area contributed by atoms with Gasteiger partial charge in [0, 0.05) is 32.0 Å². The van der Waals surface area contributed by atoms with Crippen molar-refractivity contribution in [3.63, 3.8) is 0 Å². The Hall–Kier alpha value is -1.08. The van der Waals surface area contributed by atoms with Gasteiger partial charge in [-0.15, -0.1) is 0 Å². The fourth-order valence-corrected chi connectivity index (χ4v) is 1.90. The summed E-state index contributed by atoms with van der Waals surface area (Å²) in [4.78, 5) is 8.60. The molecule has 0 aliphatic rings. The van der Waals surface area contributed by atoms with Crippen LogP contribution in [0.1, 0.15) is 37.6 Å². The van der Waals surface area contributed by atoms with E-state index in [4.69, 9.17) is 9.84 Å². The van der Waals surface area contributed by atoms with Crippen molar-refractivity contribution >= 4 is 0 Å². The van der Waals surface area contributed by atoms with Crippen LogP contribution in [0, 0.1) is 0 Å². The van der Waals surface area contributed by atoms with E-state index in [2.05, 4.69) is 16.9 Å². The molecule has 0 saturated carbocycles. The highest BCUT2D eigenvalue weighted by Crippen LogP contribution is 2.08. The summed E-state index contributed by atoms with van der Waals surface area (Å²) in [5.74, 6) is 0. The molecule has 0 radical (unpaired) electrons. The van der Waals surface area contributed by atoms with E-state index in [9.17, 15) is 10.2 Å². The molecule has 0 amide bonds. The number of ether oxygens (including phenoxy) is 1. The molecule has 1 aromatic heterocycles. The molecule has 0 bridgehead atoms. The average molecular weight is 298 g/mol. The Balaban J connectivity index is 2.46. The Morgan fingerprint density at radius 1 is 1.14 bits per heavy atom. The zero-order chi connectivity index (χ0) is 15.5. The number of rotatable bonds is 11. The van der Waals surface area contributed by atoms with Gasteiger partial charge in [-0.25, -0.2) is 0 Å². The topological polar surface area (TPSA) is 95.7 Å². The van der Waals surface area contributed by atoms with E-state index in [-0.39, 0.29) is 19.6 Å². The maximum Gasteiger partial charge on any atom is 0.107 e. The van der Waals surface area contributed by atoms with E-state index in [0.29, 0.717) is 18.7 Å². The van der Waals surface area contributed by atoms with Gasteiger partial charge in [0.05, 0.1) is 24.1 Å². The fraction of sp³-hybridized carbons (Fsp3) is 0.733. The van der Waals surface area contributed by atoms with E-state index in [0.717, 1.165) is 25.0 Å². The van der Waals surface area contributed by atoms with Crippen molar-refractivity contribution in [2.45, 2.75) is 51.2 Å². The number of aliphatic hydroxyl groups excluding tert-OH is 3. The Labute approximate surface area is 125 Å². The SMILES string of the molecule is CCCCc1cnc(C[C@H](O)[C@H](CO)OCCCO)cn1.